The largest absolute Gasteiger partial charge is 0.480 e. The number of carboxylic acids is 1. The van der Waals surface area contributed by atoms with E-state index >= 15 is 0 Å². The second-order valence-electron chi connectivity index (χ2n) is 2.80. The summed E-state index contributed by atoms with van der Waals surface area (Å²) in [4.78, 5) is 20.3. The maximum Gasteiger partial charge on any atom is 0.326 e. The van der Waals surface area contributed by atoms with Crippen LogP contribution in [0, 0.1) is 5.92 Å². The molecule has 4 nitrogen and oxygen atoms in total. The van der Waals surface area contributed by atoms with Gasteiger partial charge in [0.15, 0.2) is 0 Å². The Morgan fingerprint density at radius 1 is 1.64 bits per heavy atom. The molecule has 0 aromatic carbocycles. The van der Waals surface area contributed by atoms with Crippen molar-refractivity contribution in [2.75, 3.05) is 0 Å². The molecule has 1 amide bonds. The van der Waals surface area contributed by atoms with Gasteiger partial charge in [-0.15, -0.1) is 0 Å². The standard InChI is InChI=1S/C7H13NO3/c1-5(2)3-6(7(10)11)8-4-9/h4-6H,3H2,1-2H3,(H,8,9)(H,10,11). The fraction of sp³-hybridized carbons (Fsp3) is 0.714. The quantitative estimate of drug-likeness (QED) is 0.564. The van der Waals surface area contributed by atoms with Crippen LogP contribution in [-0.4, -0.2) is 23.5 Å². The van der Waals surface area contributed by atoms with Gasteiger partial charge in [0, 0.05) is 0 Å². The molecule has 2 N–H and O–H groups in total. The Bertz CT molecular complexity index is 145. The summed E-state index contributed by atoms with van der Waals surface area (Å²) in [6.45, 7) is 3.81. The third kappa shape index (κ3) is 4.36. The third-order valence-corrected chi connectivity index (χ3v) is 1.27. The van der Waals surface area contributed by atoms with Crippen molar-refractivity contribution < 1.29 is 14.7 Å². The van der Waals surface area contributed by atoms with Gasteiger partial charge in [-0.1, -0.05) is 13.8 Å². The van der Waals surface area contributed by atoms with Crippen LogP contribution in [0.4, 0.5) is 0 Å². The molecular weight excluding hydrogens is 146 g/mol. The van der Waals surface area contributed by atoms with E-state index in [4.69, 9.17) is 5.11 Å². The first kappa shape index (κ1) is 9.94. The summed E-state index contributed by atoms with van der Waals surface area (Å²) in [5.74, 6) is -0.714. The summed E-state index contributed by atoms with van der Waals surface area (Å²) < 4.78 is 0. The third-order valence-electron chi connectivity index (χ3n) is 1.27. The zero-order valence-electron chi connectivity index (χ0n) is 6.70. The van der Waals surface area contributed by atoms with E-state index in [-0.39, 0.29) is 5.92 Å². The Labute approximate surface area is 65.6 Å². The average molecular weight is 159 g/mol. The van der Waals surface area contributed by atoms with E-state index in [9.17, 15) is 9.59 Å². The minimum atomic E-state index is -0.981. The Hall–Kier alpha value is -1.06. The number of rotatable bonds is 5. The van der Waals surface area contributed by atoms with Gasteiger partial charge in [0.1, 0.15) is 6.04 Å². The van der Waals surface area contributed by atoms with Crippen LogP contribution >= 0.6 is 0 Å². The van der Waals surface area contributed by atoms with Gasteiger partial charge in [0.2, 0.25) is 6.41 Å². The molecule has 64 valence electrons. The highest BCUT2D eigenvalue weighted by Crippen LogP contribution is 2.03. The number of amides is 1. The van der Waals surface area contributed by atoms with Crippen molar-refractivity contribution in [1.29, 1.82) is 0 Å². The maximum absolute atomic E-state index is 10.4. The lowest BCUT2D eigenvalue weighted by molar-refractivity contribution is -0.141. The van der Waals surface area contributed by atoms with E-state index in [1.807, 2.05) is 13.8 Å². The van der Waals surface area contributed by atoms with Crippen molar-refractivity contribution in [3.8, 4) is 0 Å². The smallest absolute Gasteiger partial charge is 0.326 e. The van der Waals surface area contributed by atoms with Crippen LogP contribution in [0.3, 0.4) is 0 Å². The number of hydrogen-bond acceptors (Lipinski definition) is 2. The summed E-state index contributed by atoms with van der Waals surface area (Å²) in [6, 6.07) is -0.743. The summed E-state index contributed by atoms with van der Waals surface area (Å²) >= 11 is 0. The number of nitrogens with one attached hydrogen (secondary N) is 1. The van der Waals surface area contributed by atoms with Crippen LogP contribution in [0.25, 0.3) is 0 Å². The first-order valence-electron chi connectivity index (χ1n) is 3.50. The first-order chi connectivity index (χ1) is 5.07. The molecule has 0 aliphatic rings. The van der Waals surface area contributed by atoms with Gasteiger partial charge >= 0.3 is 5.97 Å². The summed E-state index contributed by atoms with van der Waals surface area (Å²) in [5, 5.41) is 10.8. The maximum atomic E-state index is 10.4. The van der Waals surface area contributed by atoms with Gasteiger partial charge in [-0.05, 0) is 12.3 Å². The zero-order chi connectivity index (χ0) is 8.85. The highest BCUT2D eigenvalue weighted by atomic mass is 16.4. The summed E-state index contributed by atoms with van der Waals surface area (Å²) in [6.07, 6.45) is 0.884. The zero-order valence-corrected chi connectivity index (χ0v) is 6.70. The SMILES string of the molecule is CC(C)CC(NC=O)C(=O)O. The fourth-order valence-electron chi connectivity index (χ4n) is 0.794. The van der Waals surface area contributed by atoms with Gasteiger partial charge in [-0.2, -0.15) is 0 Å². The highest BCUT2D eigenvalue weighted by molar-refractivity contribution is 5.76. The predicted molar refractivity (Wildman–Crippen MR) is 40.1 cm³/mol. The van der Waals surface area contributed by atoms with Crippen LogP contribution in [0.2, 0.25) is 0 Å². The lowest BCUT2D eigenvalue weighted by Gasteiger charge is -2.12. The highest BCUT2D eigenvalue weighted by Gasteiger charge is 2.16. The molecule has 0 spiro atoms. The molecule has 0 saturated heterocycles. The number of carbonyl (C=O) groups is 2. The molecule has 0 saturated carbocycles. The van der Waals surface area contributed by atoms with Gasteiger partial charge in [-0.25, -0.2) is 4.79 Å². The number of hydrogen-bond donors (Lipinski definition) is 2. The summed E-state index contributed by atoms with van der Waals surface area (Å²) in [7, 11) is 0. The first-order valence-corrected chi connectivity index (χ1v) is 3.50. The second kappa shape index (κ2) is 4.71. The normalized spacial score (nSPS) is 12.6. The molecule has 11 heavy (non-hydrogen) atoms. The fourth-order valence-corrected chi connectivity index (χ4v) is 0.794. The number of carbonyl (C=O) groups excluding carboxylic acids is 1. The second-order valence-corrected chi connectivity index (χ2v) is 2.80. The van der Waals surface area contributed by atoms with E-state index in [1.54, 1.807) is 0 Å². The van der Waals surface area contributed by atoms with Crippen LogP contribution in [0.1, 0.15) is 20.3 Å². The Kier molecular flexibility index (Phi) is 4.26. The Balaban J connectivity index is 3.88. The van der Waals surface area contributed by atoms with Gasteiger partial charge < -0.3 is 10.4 Å². The van der Waals surface area contributed by atoms with Gasteiger partial charge in [-0.3, -0.25) is 4.79 Å². The van der Waals surface area contributed by atoms with Gasteiger partial charge in [0.05, 0.1) is 0 Å². The minimum Gasteiger partial charge on any atom is -0.480 e. The average Bonchev–Trinajstić information content (AvgIpc) is 1.86. The number of aliphatic carboxylic acids is 1. The van der Waals surface area contributed by atoms with Crippen LogP contribution in [0.5, 0.6) is 0 Å². The van der Waals surface area contributed by atoms with Crippen LogP contribution in [0.15, 0.2) is 0 Å². The topological polar surface area (TPSA) is 66.4 Å². The molecule has 0 heterocycles. The molecular formula is C7H13NO3. The molecule has 4 heteroatoms. The Morgan fingerprint density at radius 2 is 2.18 bits per heavy atom. The Morgan fingerprint density at radius 3 is 2.45 bits per heavy atom. The lowest BCUT2D eigenvalue weighted by atomic mass is 10.0. The lowest BCUT2D eigenvalue weighted by Crippen LogP contribution is -2.36. The van der Waals surface area contributed by atoms with E-state index in [2.05, 4.69) is 5.32 Å². The van der Waals surface area contributed by atoms with E-state index < -0.39 is 12.0 Å². The molecule has 0 bridgehead atoms. The van der Waals surface area contributed by atoms with Crippen molar-refractivity contribution in [1.82, 2.24) is 5.32 Å². The molecule has 0 fully saturated rings. The molecule has 0 aromatic rings. The minimum absolute atomic E-state index is 0.267. The van der Waals surface area contributed by atoms with Crippen molar-refractivity contribution in [2.24, 2.45) is 5.92 Å². The molecule has 0 rings (SSSR count). The van der Waals surface area contributed by atoms with E-state index in [0.29, 0.717) is 12.8 Å². The molecule has 0 aromatic heterocycles. The van der Waals surface area contributed by atoms with Crippen molar-refractivity contribution in [3.63, 3.8) is 0 Å². The van der Waals surface area contributed by atoms with Gasteiger partial charge in [0.25, 0.3) is 0 Å². The molecule has 0 radical (unpaired) electrons. The molecule has 0 aliphatic heterocycles. The van der Waals surface area contributed by atoms with Crippen molar-refractivity contribution in [2.45, 2.75) is 26.3 Å². The van der Waals surface area contributed by atoms with Crippen LogP contribution < -0.4 is 5.32 Å². The molecule has 0 aliphatic carbocycles. The monoisotopic (exact) mass is 159 g/mol. The molecule has 1 unspecified atom stereocenters. The summed E-state index contributed by atoms with van der Waals surface area (Å²) in [5.41, 5.74) is 0. The van der Waals surface area contributed by atoms with Crippen LogP contribution in [-0.2, 0) is 9.59 Å². The van der Waals surface area contributed by atoms with Crippen molar-refractivity contribution in [3.05, 3.63) is 0 Å². The molecule has 1 atom stereocenters. The van der Waals surface area contributed by atoms with E-state index in [0.717, 1.165) is 0 Å². The number of carboxylic acid groups (broad SMARTS) is 1. The van der Waals surface area contributed by atoms with Crippen molar-refractivity contribution >= 4 is 12.4 Å². The predicted octanol–water partition coefficient (Wildman–Crippen LogP) is 0.232. The van der Waals surface area contributed by atoms with E-state index in [1.165, 1.54) is 0 Å².